The average Bonchev–Trinajstić information content (AvgIpc) is 3.19. The molecule has 0 saturated carbocycles. The van der Waals surface area contributed by atoms with Gasteiger partial charge in [-0.1, -0.05) is 12.1 Å². The van der Waals surface area contributed by atoms with E-state index in [1.54, 1.807) is 12.1 Å². The van der Waals surface area contributed by atoms with E-state index in [0.717, 1.165) is 37.9 Å². The Hall–Kier alpha value is -3.35. The zero-order valence-corrected chi connectivity index (χ0v) is 18.2. The van der Waals surface area contributed by atoms with Crippen LogP contribution in [0.4, 0.5) is 19.0 Å². The first kappa shape index (κ1) is 23.8. The maximum Gasteiger partial charge on any atom is 0.573 e. The van der Waals surface area contributed by atoms with E-state index in [-0.39, 0.29) is 42.7 Å². The molecular formula is C21H24F3N5O5. The first-order valence-corrected chi connectivity index (χ1v) is 10.9. The Kier molecular flexibility index (Phi) is 6.91. The van der Waals surface area contributed by atoms with Gasteiger partial charge in [-0.05, 0) is 60.9 Å². The maximum absolute atomic E-state index is 12.5. The van der Waals surface area contributed by atoms with E-state index >= 15 is 0 Å². The Labute approximate surface area is 192 Å². The smallest absolute Gasteiger partial charge is 0.444 e. The summed E-state index contributed by atoms with van der Waals surface area (Å²) in [4.78, 5) is 28.6. The molecule has 13 heteroatoms. The number of halogens is 3. The topological polar surface area (TPSA) is 112 Å². The van der Waals surface area contributed by atoms with Crippen LogP contribution in [-0.4, -0.2) is 63.9 Å². The van der Waals surface area contributed by atoms with E-state index in [1.165, 1.54) is 22.9 Å². The van der Waals surface area contributed by atoms with Crippen molar-refractivity contribution in [1.29, 1.82) is 0 Å². The van der Waals surface area contributed by atoms with Gasteiger partial charge < -0.3 is 24.9 Å². The van der Waals surface area contributed by atoms with Gasteiger partial charge in [-0.25, -0.2) is 0 Å². The highest BCUT2D eigenvalue weighted by molar-refractivity contribution is 5.78. The molecule has 0 bridgehead atoms. The van der Waals surface area contributed by atoms with E-state index in [1.807, 2.05) is 0 Å². The number of likely N-dealkylation sites (tertiary alicyclic amines) is 1. The van der Waals surface area contributed by atoms with Gasteiger partial charge in [-0.2, -0.15) is 0 Å². The Morgan fingerprint density at radius 2 is 1.97 bits per heavy atom. The number of carbonyl (C=O) groups excluding carboxylic acids is 1. The van der Waals surface area contributed by atoms with Crippen LogP contribution in [0.2, 0.25) is 0 Å². The number of nitro groups is 1. The summed E-state index contributed by atoms with van der Waals surface area (Å²) in [6, 6.07) is 5.79. The van der Waals surface area contributed by atoms with Crippen LogP contribution in [0.3, 0.4) is 0 Å². The van der Waals surface area contributed by atoms with Crippen LogP contribution in [0.25, 0.3) is 0 Å². The standard InChI is InChI=1S/C21H24F3N5O5/c22-21(23,24)34-17-3-1-14(2-4-17)9-15-5-7-27(8-6-15)12-19(30)25-16-10-28-11-18(29(31)32)26-20(28)33-13-16/h1-4,11,15-16H,5-10,12-13H2,(H,25,30)/t16-/m0/s1. The molecule has 2 aromatic rings. The molecule has 4 rings (SSSR count). The van der Waals surface area contributed by atoms with Gasteiger partial charge in [0.25, 0.3) is 0 Å². The summed E-state index contributed by atoms with van der Waals surface area (Å²) in [5.41, 5.74) is 0.946. The minimum atomic E-state index is -4.70. The van der Waals surface area contributed by atoms with Gasteiger partial charge in [-0.15, -0.1) is 13.2 Å². The van der Waals surface area contributed by atoms with Crippen LogP contribution in [0.5, 0.6) is 11.8 Å². The van der Waals surface area contributed by atoms with Crippen molar-refractivity contribution in [2.45, 2.75) is 38.2 Å². The quantitative estimate of drug-likeness (QED) is 0.476. The van der Waals surface area contributed by atoms with Crippen molar-refractivity contribution in [2.75, 3.05) is 26.2 Å². The van der Waals surface area contributed by atoms with E-state index in [4.69, 9.17) is 4.74 Å². The number of carbonyl (C=O) groups is 1. The van der Waals surface area contributed by atoms with Gasteiger partial charge in [0.05, 0.1) is 19.1 Å². The number of piperidine rings is 1. The van der Waals surface area contributed by atoms with Crippen molar-refractivity contribution < 1.29 is 32.4 Å². The molecule has 3 heterocycles. The molecule has 1 aromatic heterocycles. The van der Waals surface area contributed by atoms with Crippen molar-refractivity contribution in [3.63, 3.8) is 0 Å². The van der Waals surface area contributed by atoms with Gasteiger partial charge in [0.1, 0.15) is 18.6 Å². The molecule has 1 saturated heterocycles. The number of ether oxygens (including phenoxy) is 2. The number of nitrogens with one attached hydrogen (secondary N) is 1. The molecule has 0 aliphatic carbocycles. The minimum absolute atomic E-state index is 0.148. The maximum atomic E-state index is 12.5. The summed E-state index contributed by atoms with van der Waals surface area (Å²) in [5.74, 6) is -0.292. The fraction of sp³-hybridized carbons (Fsp3) is 0.524. The van der Waals surface area contributed by atoms with Gasteiger partial charge >= 0.3 is 18.2 Å². The summed E-state index contributed by atoms with van der Waals surface area (Å²) in [6.45, 7) is 2.26. The lowest BCUT2D eigenvalue weighted by Crippen LogP contribution is -2.49. The number of imidazole rings is 1. The SMILES string of the molecule is O=C(CN1CCC(Cc2ccc(OC(F)(F)F)cc2)CC1)N[C@@H]1COc2nc([N+](=O)[O-])cn2C1. The molecule has 0 unspecified atom stereocenters. The van der Waals surface area contributed by atoms with Crippen LogP contribution < -0.4 is 14.8 Å². The Bertz CT molecular complexity index is 1020. The molecule has 1 atom stereocenters. The third-order valence-corrected chi connectivity index (χ3v) is 5.87. The van der Waals surface area contributed by atoms with Crippen LogP contribution in [0.15, 0.2) is 30.5 Å². The van der Waals surface area contributed by atoms with Gasteiger partial charge in [0.2, 0.25) is 5.91 Å². The normalized spacial score (nSPS) is 19.2. The summed E-state index contributed by atoms with van der Waals surface area (Å²) in [7, 11) is 0. The molecule has 1 fully saturated rings. The molecular weight excluding hydrogens is 459 g/mol. The first-order valence-electron chi connectivity index (χ1n) is 10.9. The lowest BCUT2D eigenvalue weighted by Gasteiger charge is -2.32. The summed E-state index contributed by atoms with van der Waals surface area (Å²) in [5, 5.41) is 13.7. The molecule has 10 nitrogen and oxygen atoms in total. The van der Waals surface area contributed by atoms with Crippen molar-refractivity contribution in [1.82, 2.24) is 19.8 Å². The second kappa shape index (κ2) is 9.87. The van der Waals surface area contributed by atoms with Crippen LogP contribution in [-0.2, 0) is 17.8 Å². The predicted octanol–water partition coefficient (Wildman–Crippen LogP) is 2.52. The van der Waals surface area contributed by atoms with Crippen molar-refractivity contribution in [3.8, 4) is 11.8 Å². The molecule has 2 aliphatic heterocycles. The van der Waals surface area contributed by atoms with E-state index < -0.39 is 11.3 Å². The summed E-state index contributed by atoms with van der Waals surface area (Å²) < 4.78 is 47.6. The summed E-state index contributed by atoms with van der Waals surface area (Å²) >= 11 is 0. The van der Waals surface area contributed by atoms with Crippen LogP contribution >= 0.6 is 0 Å². The Balaban J connectivity index is 1.18. The highest BCUT2D eigenvalue weighted by Crippen LogP contribution is 2.26. The molecule has 0 radical (unpaired) electrons. The third-order valence-electron chi connectivity index (χ3n) is 5.87. The monoisotopic (exact) mass is 483 g/mol. The lowest BCUT2D eigenvalue weighted by atomic mass is 9.90. The predicted molar refractivity (Wildman–Crippen MR) is 112 cm³/mol. The van der Waals surface area contributed by atoms with Gasteiger partial charge in [-0.3, -0.25) is 14.3 Å². The Morgan fingerprint density at radius 3 is 2.62 bits per heavy atom. The highest BCUT2D eigenvalue weighted by Gasteiger charge is 2.31. The number of aromatic nitrogens is 2. The fourth-order valence-corrected chi connectivity index (χ4v) is 4.26. The number of hydrogen-bond donors (Lipinski definition) is 1. The van der Waals surface area contributed by atoms with Gasteiger partial charge in [0, 0.05) is 4.98 Å². The molecule has 1 amide bonds. The number of benzene rings is 1. The number of fused-ring (bicyclic) bond motifs is 1. The third kappa shape index (κ3) is 6.37. The van der Waals surface area contributed by atoms with Crippen molar-refractivity contribution in [3.05, 3.63) is 46.1 Å². The van der Waals surface area contributed by atoms with E-state index in [0.29, 0.717) is 12.5 Å². The fourth-order valence-electron chi connectivity index (χ4n) is 4.26. The number of alkyl halides is 3. The van der Waals surface area contributed by atoms with Crippen LogP contribution in [0.1, 0.15) is 18.4 Å². The average molecular weight is 483 g/mol. The number of rotatable bonds is 7. The molecule has 184 valence electrons. The van der Waals surface area contributed by atoms with Crippen molar-refractivity contribution >= 4 is 11.7 Å². The minimum Gasteiger partial charge on any atom is -0.444 e. The summed E-state index contributed by atoms with van der Waals surface area (Å²) in [6.07, 6.45) is -0.903. The number of hydrogen-bond acceptors (Lipinski definition) is 7. The molecule has 1 aromatic carbocycles. The van der Waals surface area contributed by atoms with Crippen LogP contribution in [0, 0.1) is 16.0 Å². The molecule has 2 aliphatic rings. The molecule has 0 spiro atoms. The zero-order valence-electron chi connectivity index (χ0n) is 18.2. The second-order valence-electron chi connectivity index (χ2n) is 8.48. The second-order valence-corrected chi connectivity index (χ2v) is 8.48. The Morgan fingerprint density at radius 1 is 1.26 bits per heavy atom. The highest BCUT2D eigenvalue weighted by atomic mass is 19.4. The number of amides is 1. The molecule has 34 heavy (non-hydrogen) atoms. The number of nitrogens with zero attached hydrogens (tertiary/aromatic N) is 4. The van der Waals surface area contributed by atoms with E-state index in [2.05, 4.69) is 19.9 Å². The van der Waals surface area contributed by atoms with Gasteiger partial charge in [0.15, 0.2) is 0 Å². The van der Waals surface area contributed by atoms with E-state index in [9.17, 15) is 28.1 Å². The first-order chi connectivity index (χ1) is 16.1. The lowest BCUT2D eigenvalue weighted by molar-refractivity contribution is -0.389. The van der Waals surface area contributed by atoms with Crippen molar-refractivity contribution in [2.24, 2.45) is 5.92 Å². The molecule has 1 N–H and O–H groups in total. The largest absolute Gasteiger partial charge is 0.573 e. The zero-order chi connectivity index (χ0) is 24.3.